The van der Waals surface area contributed by atoms with Gasteiger partial charge in [-0.15, -0.1) is 0 Å². The Kier molecular flexibility index (Phi) is 4.99. The van der Waals surface area contributed by atoms with Crippen molar-refractivity contribution < 1.29 is 8.42 Å². The molecule has 2 aromatic carbocycles. The summed E-state index contributed by atoms with van der Waals surface area (Å²) in [5.74, 6) is 0. The average Bonchev–Trinajstić information content (AvgIpc) is 2.74. The SMILES string of the molecule is N#Cc1cnc2ccccc2c1N1CCC(NS(=O)(=O)c2ccccc2)CC1. The third-order valence-electron chi connectivity index (χ3n) is 5.05. The summed E-state index contributed by atoms with van der Waals surface area (Å²) in [6.07, 6.45) is 2.96. The van der Waals surface area contributed by atoms with Crippen LogP contribution in [-0.4, -0.2) is 32.5 Å². The number of piperidine rings is 1. The highest BCUT2D eigenvalue weighted by molar-refractivity contribution is 7.89. The highest BCUT2D eigenvalue weighted by Crippen LogP contribution is 2.31. The van der Waals surface area contributed by atoms with Gasteiger partial charge in [0.05, 0.1) is 21.7 Å². The molecule has 0 spiro atoms. The second kappa shape index (κ2) is 7.58. The molecule has 4 rings (SSSR count). The van der Waals surface area contributed by atoms with Crippen molar-refractivity contribution in [3.63, 3.8) is 0 Å². The number of nitrogens with one attached hydrogen (secondary N) is 1. The molecule has 1 N–H and O–H groups in total. The summed E-state index contributed by atoms with van der Waals surface area (Å²) in [6.45, 7) is 1.34. The molecule has 0 radical (unpaired) electrons. The Morgan fingerprint density at radius 3 is 2.43 bits per heavy atom. The molecule has 7 heteroatoms. The number of hydrogen-bond acceptors (Lipinski definition) is 5. The zero-order valence-electron chi connectivity index (χ0n) is 15.2. The zero-order chi connectivity index (χ0) is 19.6. The number of rotatable bonds is 4. The fraction of sp³-hybridized carbons (Fsp3) is 0.238. The van der Waals surface area contributed by atoms with E-state index in [1.807, 2.05) is 24.3 Å². The van der Waals surface area contributed by atoms with Gasteiger partial charge in [-0.3, -0.25) is 4.98 Å². The maximum absolute atomic E-state index is 12.6. The summed E-state index contributed by atoms with van der Waals surface area (Å²) >= 11 is 0. The van der Waals surface area contributed by atoms with E-state index in [0.717, 1.165) is 16.6 Å². The monoisotopic (exact) mass is 392 g/mol. The maximum atomic E-state index is 12.6. The molecule has 1 fully saturated rings. The molecular formula is C21H20N4O2S. The van der Waals surface area contributed by atoms with Crippen LogP contribution >= 0.6 is 0 Å². The van der Waals surface area contributed by atoms with Gasteiger partial charge < -0.3 is 4.90 Å². The van der Waals surface area contributed by atoms with E-state index in [2.05, 4.69) is 20.7 Å². The van der Waals surface area contributed by atoms with Crippen LogP contribution in [0.5, 0.6) is 0 Å². The van der Waals surface area contributed by atoms with Gasteiger partial charge in [0, 0.05) is 30.7 Å². The molecule has 1 aliphatic heterocycles. The molecule has 1 saturated heterocycles. The van der Waals surface area contributed by atoms with Gasteiger partial charge in [0.15, 0.2) is 0 Å². The fourth-order valence-electron chi connectivity index (χ4n) is 3.66. The van der Waals surface area contributed by atoms with Crippen LogP contribution in [0.15, 0.2) is 65.7 Å². The van der Waals surface area contributed by atoms with E-state index in [4.69, 9.17) is 0 Å². The molecule has 0 amide bonds. The molecule has 1 aromatic heterocycles. The number of fused-ring (bicyclic) bond motifs is 1. The lowest BCUT2D eigenvalue weighted by Gasteiger charge is -2.34. The predicted octanol–water partition coefficient (Wildman–Crippen LogP) is 3.05. The number of hydrogen-bond donors (Lipinski definition) is 1. The van der Waals surface area contributed by atoms with Crippen LogP contribution in [0.25, 0.3) is 10.9 Å². The quantitative estimate of drug-likeness (QED) is 0.737. The summed E-state index contributed by atoms with van der Waals surface area (Å²) in [6, 6.07) is 18.3. The number of nitrogens with zero attached hydrogens (tertiary/aromatic N) is 3. The minimum atomic E-state index is -3.52. The lowest BCUT2D eigenvalue weighted by Crippen LogP contribution is -2.44. The molecule has 142 valence electrons. The van der Waals surface area contributed by atoms with Crippen LogP contribution in [0.3, 0.4) is 0 Å². The third kappa shape index (κ3) is 3.57. The van der Waals surface area contributed by atoms with Gasteiger partial charge in [-0.2, -0.15) is 5.26 Å². The van der Waals surface area contributed by atoms with Crippen LogP contribution in [0.4, 0.5) is 5.69 Å². The highest BCUT2D eigenvalue weighted by atomic mass is 32.2. The van der Waals surface area contributed by atoms with Crippen molar-refractivity contribution in [2.45, 2.75) is 23.8 Å². The van der Waals surface area contributed by atoms with Crippen molar-refractivity contribution in [1.82, 2.24) is 9.71 Å². The van der Waals surface area contributed by atoms with E-state index in [1.54, 1.807) is 36.5 Å². The van der Waals surface area contributed by atoms with Crippen molar-refractivity contribution in [3.8, 4) is 6.07 Å². The minimum absolute atomic E-state index is 0.125. The molecule has 0 bridgehead atoms. The number of pyridine rings is 1. The lowest BCUT2D eigenvalue weighted by molar-refractivity contribution is 0.460. The van der Waals surface area contributed by atoms with Crippen molar-refractivity contribution in [2.24, 2.45) is 0 Å². The molecule has 2 heterocycles. The Balaban J connectivity index is 1.53. The van der Waals surface area contributed by atoms with Crippen LogP contribution < -0.4 is 9.62 Å². The summed E-state index contributed by atoms with van der Waals surface area (Å²) in [5.41, 5.74) is 2.28. The Hall–Kier alpha value is -2.95. The molecule has 6 nitrogen and oxygen atoms in total. The second-order valence-corrected chi connectivity index (χ2v) is 8.56. The lowest BCUT2D eigenvalue weighted by atomic mass is 10.0. The number of nitriles is 1. The predicted molar refractivity (Wildman–Crippen MR) is 108 cm³/mol. The molecule has 3 aromatic rings. The van der Waals surface area contributed by atoms with Crippen molar-refractivity contribution in [2.75, 3.05) is 18.0 Å². The van der Waals surface area contributed by atoms with Gasteiger partial charge in [-0.25, -0.2) is 13.1 Å². The highest BCUT2D eigenvalue weighted by Gasteiger charge is 2.26. The van der Waals surface area contributed by atoms with Crippen LogP contribution in [0.1, 0.15) is 18.4 Å². The van der Waals surface area contributed by atoms with E-state index < -0.39 is 10.0 Å². The van der Waals surface area contributed by atoms with E-state index in [-0.39, 0.29) is 10.9 Å². The van der Waals surface area contributed by atoms with Gasteiger partial charge in [0.1, 0.15) is 6.07 Å². The topological polar surface area (TPSA) is 86.1 Å². The fourth-order valence-corrected chi connectivity index (χ4v) is 4.98. The van der Waals surface area contributed by atoms with Gasteiger partial charge in [0.25, 0.3) is 0 Å². The van der Waals surface area contributed by atoms with Crippen molar-refractivity contribution in [3.05, 3.63) is 66.4 Å². The summed E-state index contributed by atoms with van der Waals surface area (Å²) in [7, 11) is -3.52. The van der Waals surface area contributed by atoms with Crippen molar-refractivity contribution in [1.29, 1.82) is 5.26 Å². The van der Waals surface area contributed by atoms with E-state index in [9.17, 15) is 13.7 Å². The largest absolute Gasteiger partial charge is 0.370 e. The standard InChI is InChI=1S/C21H20N4O2S/c22-14-16-15-23-20-9-5-4-8-19(20)21(16)25-12-10-17(11-13-25)24-28(26,27)18-6-2-1-3-7-18/h1-9,15,17,24H,10-13H2. The number of aromatic nitrogens is 1. The summed E-state index contributed by atoms with van der Waals surface area (Å²) in [4.78, 5) is 6.81. The van der Waals surface area contributed by atoms with E-state index in [0.29, 0.717) is 31.5 Å². The number of anilines is 1. The number of para-hydroxylation sites is 1. The van der Waals surface area contributed by atoms with Gasteiger partial charge in [-0.1, -0.05) is 36.4 Å². The Bertz CT molecular complexity index is 1130. The first-order valence-electron chi connectivity index (χ1n) is 9.18. The molecule has 28 heavy (non-hydrogen) atoms. The normalized spacial score (nSPS) is 15.5. The molecular weight excluding hydrogens is 372 g/mol. The molecule has 0 aliphatic carbocycles. The van der Waals surface area contributed by atoms with Crippen LogP contribution in [0.2, 0.25) is 0 Å². The first kappa shape index (κ1) is 18.4. The first-order chi connectivity index (χ1) is 13.6. The smallest absolute Gasteiger partial charge is 0.240 e. The third-order valence-corrected chi connectivity index (χ3v) is 6.59. The Labute approximate surface area is 164 Å². The number of sulfonamides is 1. The Morgan fingerprint density at radius 2 is 1.71 bits per heavy atom. The van der Waals surface area contributed by atoms with Gasteiger partial charge in [0.2, 0.25) is 10.0 Å². The van der Waals surface area contributed by atoms with Crippen LogP contribution in [0, 0.1) is 11.3 Å². The zero-order valence-corrected chi connectivity index (χ0v) is 16.1. The second-order valence-electron chi connectivity index (χ2n) is 6.85. The molecule has 1 aliphatic rings. The van der Waals surface area contributed by atoms with E-state index in [1.165, 1.54) is 0 Å². The summed E-state index contributed by atoms with van der Waals surface area (Å²) < 4.78 is 27.9. The van der Waals surface area contributed by atoms with Crippen molar-refractivity contribution >= 4 is 26.6 Å². The van der Waals surface area contributed by atoms with Gasteiger partial charge in [-0.05, 0) is 31.0 Å². The molecule has 0 saturated carbocycles. The van der Waals surface area contributed by atoms with Crippen LogP contribution in [-0.2, 0) is 10.0 Å². The Morgan fingerprint density at radius 1 is 1.04 bits per heavy atom. The molecule has 0 atom stereocenters. The average molecular weight is 392 g/mol. The first-order valence-corrected chi connectivity index (χ1v) is 10.7. The minimum Gasteiger partial charge on any atom is -0.370 e. The van der Waals surface area contributed by atoms with E-state index >= 15 is 0 Å². The molecule has 0 unspecified atom stereocenters. The number of benzene rings is 2. The van der Waals surface area contributed by atoms with Gasteiger partial charge >= 0.3 is 0 Å². The maximum Gasteiger partial charge on any atom is 0.240 e. The summed E-state index contributed by atoms with van der Waals surface area (Å²) in [5, 5.41) is 10.5.